The van der Waals surface area contributed by atoms with Crippen LogP contribution in [0.2, 0.25) is 5.82 Å². The van der Waals surface area contributed by atoms with Crippen LogP contribution in [0.1, 0.15) is 51.2 Å². The van der Waals surface area contributed by atoms with E-state index >= 15 is 0 Å². The Morgan fingerprint density at radius 2 is 1.86 bits per heavy atom. The maximum absolute atomic E-state index is 13.7. The van der Waals surface area contributed by atoms with E-state index in [4.69, 9.17) is 14.6 Å². The Labute approximate surface area is 125 Å². The highest BCUT2D eigenvalue weighted by molar-refractivity contribution is 6.49. The van der Waals surface area contributed by atoms with Gasteiger partial charge in [0.2, 0.25) is 0 Å². The second-order valence-corrected chi connectivity index (χ2v) is 6.98. The fourth-order valence-electron chi connectivity index (χ4n) is 2.81. The highest BCUT2D eigenvalue weighted by atomic mass is 19.1. The summed E-state index contributed by atoms with van der Waals surface area (Å²) in [6.07, 6.45) is 0.933. The fourth-order valence-corrected chi connectivity index (χ4v) is 2.81. The third kappa shape index (κ3) is 2.37. The molecule has 0 radical (unpaired) electrons. The van der Waals surface area contributed by atoms with Crippen molar-refractivity contribution in [1.82, 2.24) is 0 Å². The summed E-state index contributed by atoms with van der Waals surface area (Å²) in [6, 6.07) is 6.69. The van der Waals surface area contributed by atoms with E-state index in [0.717, 1.165) is 12.0 Å². The first kappa shape index (κ1) is 14.6. The zero-order valence-electron chi connectivity index (χ0n) is 12.8. The van der Waals surface area contributed by atoms with Gasteiger partial charge in [0.05, 0.1) is 16.8 Å². The molecular formula is C16H19BFNO2. The smallest absolute Gasteiger partial charge is 0.403 e. The number of hydrogen-bond donors (Lipinski definition) is 0. The zero-order chi connectivity index (χ0) is 15.4. The molecule has 1 aromatic carbocycles. The van der Waals surface area contributed by atoms with Gasteiger partial charge < -0.3 is 9.31 Å². The monoisotopic (exact) mass is 287 g/mol. The Morgan fingerprint density at radius 3 is 2.38 bits per heavy atom. The number of benzene rings is 1. The molecule has 1 saturated heterocycles. The Balaban J connectivity index is 1.73. The molecule has 0 aromatic heterocycles. The summed E-state index contributed by atoms with van der Waals surface area (Å²) in [7, 11) is -0.237. The van der Waals surface area contributed by atoms with E-state index in [0.29, 0.717) is 0 Å². The highest BCUT2D eigenvalue weighted by Gasteiger charge is 2.59. The van der Waals surface area contributed by atoms with Crippen molar-refractivity contribution in [2.24, 2.45) is 0 Å². The van der Waals surface area contributed by atoms with Crippen LogP contribution in [-0.4, -0.2) is 18.3 Å². The van der Waals surface area contributed by atoms with Gasteiger partial charge in [0, 0.05) is 5.82 Å². The number of nitriles is 1. The summed E-state index contributed by atoms with van der Waals surface area (Å²) in [4.78, 5) is 0. The zero-order valence-corrected chi connectivity index (χ0v) is 12.8. The van der Waals surface area contributed by atoms with E-state index in [2.05, 4.69) is 0 Å². The highest BCUT2D eigenvalue weighted by Crippen LogP contribution is 2.58. The van der Waals surface area contributed by atoms with Crippen LogP contribution in [0.25, 0.3) is 0 Å². The second kappa shape index (κ2) is 4.56. The number of halogens is 1. The molecule has 3 nitrogen and oxygen atoms in total. The van der Waals surface area contributed by atoms with E-state index in [-0.39, 0.29) is 35.6 Å². The van der Waals surface area contributed by atoms with Gasteiger partial charge >= 0.3 is 7.12 Å². The van der Waals surface area contributed by atoms with Crippen molar-refractivity contribution in [2.45, 2.75) is 57.1 Å². The van der Waals surface area contributed by atoms with E-state index < -0.39 is 5.82 Å². The average molecular weight is 287 g/mol. The molecule has 2 atom stereocenters. The van der Waals surface area contributed by atoms with Crippen LogP contribution >= 0.6 is 0 Å². The molecule has 1 aliphatic carbocycles. The summed E-state index contributed by atoms with van der Waals surface area (Å²) < 4.78 is 25.8. The van der Waals surface area contributed by atoms with Gasteiger partial charge in [-0.3, -0.25) is 0 Å². The fraction of sp³-hybridized carbons (Fsp3) is 0.562. The molecule has 2 unspecified atom stereocenters. The van der Waals surface area contributed by atoms with Crippen LogP contribution in [0.4, 0.5) is 4.39 Å². The van der Waals surface area contributed by atoms with E-state index in [1.165, 1.54) is 6.07 Å². The van der Waals surface area contributed by atoms with Crippen LogP contribution < -0.4 is 0 Å². The molecule has 2 aliphatic rings. The first-order chi connectivity index (χ1) is 9.75. The van der Waals surface area contributed by atoms with Crippen molar-refractivity contribution in [2.75, 3.05) is 0 Å². The molecule has 1 aromatic rings. The van der Waals surface area contributed by atoms with Crippen molar-refractivity contribution in [3.8, 4) is 6.07 Å². The van der Waals surface area contributed by atoms with Gasteiger partial charge in [0.25, 0.3) is 0 Å². The normalized spacial score (nSPS) is 29.2. The van der Waals surface area contributed by atoms with Gasteiger partial charge in [0.15, 0.2) is 0 Å². The minimum atomic E-state index is -0.449. The lowest BCUT2D eigenvalue weighted by atomic mass is 9.79. The van der Waals surface area contributed by atoms with Gasteiger partial charge in [-0.2, -0.15) is 5.26 Å². The van der Waals surface area contributed by atoms with Gasteiger partial charge in [0.1, 0.15) is 11.9 Å². The minimum Gasteiger partial charge on any atom is -0.403 e. The lowest BCUT2D eigenvalue weighted by Crippen LogP contribution is -2.41. The van der Waals surface area contributed by atoms with Crippen LogP contribution in [-0.2, 0) is 9.31 Å². The standard InChI is InChI=1S/C16H19BFNO2/c1-15(2)16(3,4)21-17(20-15)13-8-12(13)10-5-6-11(9-19)14(18)7-10/h5-7,12-13H,8H2,1-4H3. The molecule has 2 fully saturated rings. The average Bonchev–Trinajstić information content (AvgIpc) is 3.13. The van der Waals surface area contributed by atoms with Crippen LogP contribution in [0.5, 0.6) is 0 Å². The number of rotatable bonds is 2. The maximum atomic E-state index is 13.7. The molecule has 1 heterocycles. The summed E-state index contributed by atoms with van der Waals surface area (Å²) in [5.41, 5.74) is 0.347. The SMILES string of the molecule is CC1(C)OB(C2CC2c2ccc(C#N)c(F)c2)OC1(C)C. The number of hydrogen-bond acceptors (Lipinski definition) is 3. The first-order valence-corrected chi connectivity index (χ1v) is 7.30. The predicted octanol–water partition coefficient (Wildman–Crippen LogP) is 3.65. The molecular weight excluding hydrogens is 268 g/mol. The van der Waals surface area contributed by atoms with E-state index in [9.17, 15) is 4.39 Å². The lowest BCUT2D eigenvalue weighted by molar-refractivity contribution is 0.00578. The van der Waals surface area contributed by atoms with Gasteiger partial charge in [-0.05, 0) is 57.7 Å². The van der Waals surface area contributed by atoms with Crippen LogP contribution in [0, 0.1) is 17.1 Å². The third-order valence-corrected chi connectivity index (χ3v) is 5.00. The molecule has 0 amide bonds. The van der Waals surface area contributed by atoms with E-state index in [1.807, 2.05) is 39.8 Å². The molecule has 1 saturated carbocycles. The topological polar surface area (TPSA) is 42.2 Å². The molecule has 110 valence electrons. The van der Waals surface area contributed by atoms with Crippen molar-refractivity contribution >= 4 is 7.12 Å². The van der Waals surface area contributed by atoms with Crippen LogP contribution in [0.15, 0.2) is 18.2 Å². The first-order valence-electron chi connectivity index (χ1n) is 7.30. The van der Waals surface area contributed by atoms with Gasteiger partial charge in [-0.1, -0.05) is 6.07 Å². The predicted molar refractivity (Wildman–Crippen MR) is 78.3 cm³/mol. The summed E-state index contributed by atoms with van der Waals surface area (Å²) in [5, 5.41) is 8.77. The molecule has 0 bridgehead atoms. The minimum absolute atomic E-state index is 0.0894. The largest absolute Gasteiger partial charge is 0.461 e. The third-order valence-electron chi connectivity index (χ3n) is 5.00. The van der Waals surface area contributed by atoms with E-state index in [1.54, 1.807) is 6.07 Å². The van der Waals surface area contributed by atoms with Crippen molar-refractivity contribution in [3.05, 3.63) is 35.1 Å². The second-order valence-electron chi connectivity index (χ2n) is 6.98. The van der Waals surface area contributed by atoms with Gasteiger partial charge in [-0.25, -0.2) is 4.39 Å². The molecule has 5 heteroatoms. The summed E-state index contributed by atoms with van der Waals surface area (Å²) in [6.45, 7) is 8.13. The van der Waals surface area contributed by atoms with Crippen LogP contribution in [0.3, 0.4) is 0 Å². The van der Waals surface area contributed by atoms with Crippen molar-refractivity contribution in [1.29, 1.82) is 5.26 Å². The summed E-state index contributed by atoms with van der Waals surface area (Å²) >= 11 is 0. The molecule has 21 heavy (non-hydrogen) atoms. The Kier molecular flexibility index (Phi) is 3.16. The molecule has 1 aliphatic heterocycles. The van der Waals surface area contributed by atoms with Gasteiger partial charge in [-0.15, -0.1) is 0 Å². The Hall–Kier alpha value is -1.38. The molecule has 0 spiro atoms. The summed E-state index contributed by atoms with van der Waals surface area (Å²) in [5.74, 6) is 0.0647. The molecule has 0 N–H and O–H groups in total. The maximum Gasteiger partial charge on any atom is 0.461 e. The van der Waals surface area contributed by atoms with Crippen molar-refractivity contribution in [3.63, 3.8) is 0 Å². The Morgan fingerprint density at radius 1 is 1.24 bits per heavy atom. The molecule has 3 rings (SSSR count). The Bertz CT molecular complexity index is 607. The van der Waals surface area contributed by atoms with Crippen molar-refractivity contribution < 1.29 is 13.7 Å². The quantitative estimate of drug-likeness (QED) is 0.780. The number of nitrogens with zero attached hydrogens (tertiary/aromatic N) is 1. The lowest BCUT2D eigenvalue weighted by Gasteiger charge is -2.32.